The summed E-state index contributed by atoms with van der Waals surface area (Å²) in [7, 11) is 1.50. The molecule has 0 saturated carbocycles. The Balaban J connectivity index is 1.92. The van der Waals surface area contributed by atoms with Gasteiger partial charge >= 0.3 is 0 Å². The van der Waals surface area contributed by atoms with Crippen molar-refractivity contribution in [2.45, 2.75) is 26.5 Å². The van der Waals surface area contributed by atoms with Crippen molar-refractivity contribution in [3.63, 3.8) is 0 Å². The van der Waals surface area contributed by atoms with Crippen molar-refractivity contribution in [1.29, 1.82) is 0 Å². The molecule has 146 valence electrons. The van der Waals surface area contributed by atoms with Crippen LogP contribution < -0.4 is 9.47 Å². The van der Waals surface area contributed by atoms with Gasteiger partial charge in [0.15, 0.2) is 17.3 Å². The lowest BCUT2D eigenvalue weighted by atomic mass is 10.1. The quantitative estimate of drug-likeness (QED) is 0.646. The topological polar surface area (TPSA) is 59.0 Å². The van der Waals surface area contributed by atoms with Crippen LogP contribution in [0.1, 0.15) is 29.8 Å². The van der Waals surface area contributed by atoms with Crippen LogP contribution >= 0.6 is 0 Å². The van der Waals surface area contributed by atoms with Crippen LogP contribution in [0.5, 0.6) is 11.5 Å². The molecule has 1 unspecified atom stereocenters. The monoisotopic (exact) mass is 375 g/mol. The van der Waals surface area contributed by atoms with E-state index in [9.17, 15) is 14.3 Å². The van der Waals surface area contributed by atoms with Gasteiger partial charge in [0.1, 0.15) is 18.5 Å². The van der Waals surface area contributed by atoms with E-state index in [1.54, 1.807) is 24.3 Å². The van der Waals surface area contributed by atoms with E-state index in [0.29, 0.717) is 36.7 Å². The predicted octanol–water partition coefficient (Wildman–Crippen LogP) is 3.30. The maximum absolute atomic E-state index is 13.3. The highest BCUT2D eigenvalue weighted by molar-refractivity contribution is 5.94. The molecule has 1 atom stereocenters. The summed E-state index contributed by atoms with van der Waals surface area (Å²) in [5.41, 5.74) is 1.39. The first kappa shape index (κ1) is 20.9. The van der Waals surface area contributed by atoms with E-state index in [1.165, 1.54) is 26.2 Å². The van der Waals surface area contributed by atoms with Gasteiger partial charge < -0.3 is 14.6 Å². The number of Topliss-reactive ketones (excluding diaryl/α,β-unsaturated/α-hetero) is 1. The Labute approximate surface area is 159 Å². The molecule has 2 aromatic rings. The summed E-state index contributed by atoms with van der Waals surface area (Å²) in [4.78, 5) is 13.5. The normalized spacial score (nSPS) is 12.1. The van der Waals surface area contributed by atoms with Crippen molar-refractivity contribution in [3.8, 4) is 11.5 Å². The summed E-state index contributed by atoms with van der Waals surface area (Å²) >= 11 is 0. The van der Waals surface area contributed by atoms with E-state index in [1.807, 2.05) is 17.9 Å². The van der Waals surface area contributed by atoms with Crippen molar-refractivity contribution < 1.29 is 23.8 Å². The Morgan fingerprint density at radius 3 is 2.63 bits per heavy atom. The van der Waals surface area contributed by atoms with Crippen LogP contribution in [0.2, 0.25) is 0 Å². The van der Waals surface area contributed by atoms with Gasteiger partial charge in [0, 0.05) is 18.7 Å². The summed E-state index contributed by atoms with van der Waals surface area (Å²) in [6, 6.07) is 11.4. The number of hydrogen-bond donors (Lipinski definition) is 1. The van der Waals surface area contributed by atoms with Gasteiger partial charge in [-0.2, -0.15) is 0 Å². The Morgan fingerprint density at radius 1 is 1.22 bits per heavy atom. The highest BCUT2D eigenvalue weighted by Gasteiger charge is 2.14. The number of aliphatic hydroxyl groups excluding tert-OH is 1. The molecule has 0 radical (unpaired) electrons. The first-order valence-electron chi connectivity index (χ1n) is 8.89. The molecule has 0 amide bonds. The molecule has 2 rings (SSSR count). The molecule has 0 heterocycles. The summed E-state index contributed by atoms with van der Waals surface area (Å²) in [5, 5.41) is 10.3. The van der Waals surface area contributed by atoms with Gasteiger partial charge in [-0.25, -0.2) is 4.39 Å². The minimum atomic E-state index is -0.726. The average molecular weight is 375 g/mol. The lowest BCUT2D eigenvalue weighted by molar-refractivity contribution is 0.0664. The van der Waals surface area contributed by atoms with Gasteiger partial charge in [0.25, 0.3) is 0 Å². The minimum absolute atomic E-state index is 0.0594. The number of likely N-dealkylation sites (N-methyl/N-ethyl adjacent to an activating group) is 1. The zero-order valence-corrected chi connectivity index (χ0v) is 15.9. The molecule has 0 aliphatic rings. The molecule has 0 saturated heterocycles. The Morgan fingerprint density at radius 2 is 2.00 bits per heavy atom. The second-order valence-electron chi connectivity index (χ2n) is 6.34. The largest absolute Gasteiger partial charge is 0.493 e. The fourth-order valence-electron chi connectivity index (χ4n) is 2.74. The first-order valence-corrected chi connectivity index (χ1v) is 8.89. The molecular formula is C21H26FNO4. The molecule has 2 aromatic carbocycles. The average Bonchev–Trinajstić information content (AvgIpc) is 2.65. The van der Waals surface area contributed by atoms with Crippen molar-refractivity contribution in [1.82, 2.24) is 4.90 Å². The summed E-state index contributed by atoms with van der Waals surface area (Å²) in [6.45, 7) is 5.19. The number of nitrogens with zero attached hydrogens (tertiary/aromatic N) is 1. The Hall–Kier alpha value is -2.44. The number of ketones is 1. The number of hydrogen-bond acceptors (Lipinski definition) is 5. The van der Waals surface area contributed by atoms with Gasteiger partial charge in [-0.3, -0.25) is 9.69 Å². The Bertz CT molecular complexity index is 766. The number of aliphatic hydroxyl groups is 1. The molecule has 0 aromatic heterocycles. The molecule has 1 N–H and O–H groups in total. The van der Waals surface area contributed by atoms with E-state index < -0.39 is 6.10 Å². The van der Waals surface area contributed by atoms with E-state index >= 15 is 0 Å². The molecule has 0 bridgehead atoms. The van der Waals surface area contributed by atoms with Crippen LogP contribution in [0.4, 0.5) is 4.39 Å². The third-order valence-electron chi connectivity index (χ3n) is 4.21. The SMILES string of the molecule is CCN(Cc1cccc(F)c1)CC(O)COc1ccc(C(C)=O)cc1OC. The van der Waals surface area contributed by atoms with Crippen LogP contribution in [0, 0.1) is 5.82 Å². The highest BCUT2D eigenvalue weighted by atomic mass is 19.1. The molecule has 0 aliphatic carbocycles. The highest BCUT2D eigenvalue weighted by Crippen LogP contribution is 2.28. The van der Waals surface area contributed by atoms with E-state index in [-0.39, 0.29) is 18.2 Å². The third-order valence-corrected chi connectivity index (χ3v) is 4.21. The second kappa shape index (κ2) is 10.0. The molecule has 0 aliphatic heterocycles. The Kier molecular flexibility index (Phi) is 7.76. The van der Waals surface area contributed by atoms with Crippen molar-refractivity contribution >= 4 is 5.78 Å². The molecule has 0 spiro atoms. The maximum atomic E-state index is 13.3. The number of ether oxygens (including phenoxy) is 2. The zero-order valence-electron chi connectivity index (χ0n) is 15.9. The molecule has 0 fully saturated rings. The van der Waals surface area contributed by atoms with Crippen LogP contribution in [0.25, 0.3) is 0 Å². The zero-order chi connectivity index (χ0) is 19.8. The van der Waals surface area contributed by atoms with Crippen molar-refractivity contribution in [2.75, 3.05) is 26.8 Å². The van der Waals surface area contributed by atoms with Gasteiger partial charge in [0.2, 0.25) is 0 Å². The van der Waals surface area contributed by atoms with Crippen LogP contribution in [0.15, 0.2) is 42.5 Å². The minimum Gasteiger partial charge on any atom is -0.493 e. The number of benzene rings is 2. The van der Waals surface area contributed by atoms with Crippen LogP contribution in [-0.2, 0) is 6.54 Å². The van der Waals surface area contributed by atoms with Crippen LogP contribution in [0.3, 0.4) is 0 Å². The first-order chi connectivity index (χ1) is 12.9. The van der Waals surface area contributed by atoms with E-state index in [4.69, 9.17) is 9.47 Å². The third kappa shape index (κ3) is 6.34. The summed E-state index contributed by atoms with van der Waals surface area (Å²) in [5.74, 6) is 0.584. The molecule has 27 heavy (non-hydrogen) atoms. The molecule has 6 heteroatoms. The molecule has 5 nitrogen and oxygen atoms in total. The standard InChI is InChI=1S/C21H26FNO4/c1-4-23(12-16-6-5-7-18(22)10-16)13-19(25)14-27-20-9-8-17(15(2)24)11-21(20)26-3/h5-11,19,25H,4,12-14H2,1-3H3. The number of rotatable bonds is 10. The summed E-state index contributed by atoms with van der Waals surface area (Å²) in [6.07, 6.45) is -0.726. The predicted molar refractivity (Wildman–Crippen MR) is 102 cm³/mol. The smallest absolute Gasteiger partial charge is 0.161 e. The lowest BCUT2D eigenvalue weighted by Crippen LogP contribution is -2.35. The number of halogens is 1. The number of methoxy groups -OCH3 is 1. The number of carbonyl (C=O) groups is 1. The van der Waals surface area contributed by atoms with Gasteiger partial charge in [-0.15, -0.1) is 0 Å². The fourth-order valence-corrected chi connectivity index (χ4v) is 2.74. The van der Waals surface area contributed by atoms with Gasteiger partial charge in [-0.1, -0.05) is 19.1 Å². The van der Waals surface area contributed by atoms with Gasteiger partial charge in [0.05, 0.1) is 7.11 Å². The second-order valence-corrected chi connectivity index (χ2v) is 6.34. The number of carbonyl (C=O) groups excluding carboxylic acids is 1. The van der Waals surface area contributed by atoms with Crippen molar-refractivity contribution in [2.24, 2.45) is 0 Å². The van der Waals surface area contributed by atoms with Crippen molar-refractivity contribution in [3.05, 3.63) is 59.4 Å². The van der Waals surface area contributed by atoms with E-state index in [0.717, 1.165) is 5.56 Å². The molecular weight excluding hydrogens is 349 g/mol. The van der Waals surface area contributed by atoms with E-state index in [2.05, 4.69) is 0 Å². The maximum Gasteiger partial charge on any atom is 0.161 e. The lowest BCUT2D eigenvalue weighted by Gasteiger charge is -2.24. The fraction of sp³-hybridized carbons (Fsp3) is 0.381. The van der Waals surface area contributed by atoms with Gasteiger partial charge in [-0.05, 0) is 49.4 Å². The summed E-state index contributed by atoms with van der Waals surface area (Å²) < 4.78 is 24.2. The van der Waals surface area contributed by atoms with Crippen LogP contribution in [-0.4, -0.2) is 48.7 Å².